The van der Waals surface area contributed by atoms with Gasteiger partial charge in [0.05, 0.1) is 11.8 Å². The smallest absolute Gasteiger partial charge is 0.254 e. The predicted octanol–water partition coefficient (Wildman–Crippen LogP) is 0.475. The molecule has 1 unspecified atom stereocenters. The summed E-state index contributed by atoms with van der Waals surface area (Å²) in [5.41, 5.74) is 6.96. The third-order valence-electron chi connectivity index (χ3n) is 2.49. The number of nitrogens with zero attached hydrogens (tertiary/aromatic N) is 2. The highest BCUT2D eigenvalue weighted by molar-refractivity contribution is 5.94. The zero-order valence-corrected chi connectivity index (χ0v) is 10.7. The van der Waals surface area contributed by atoms with Crippen molar-refractivity contribution in [2.75, 3.05) is 13.1 Å². The maximum absolute atomic E-state index is 11.7. The highest BCUT2D eigenvalue weighted by Crippen LogP contribution is 2.05. The van der Waals surface area contributed by atoms with E-state index in [1.807, 2.05) is 20.9 Å². The molecule has 1 aromatic heterocycles. The number of halogens is 1. The minimum atomic E-state index is -0.0825. The fraction of sp³-hybridized carbons (Fsp3) is 0.600. The van der Waals surface area contributed by atoms with Crippen molar-refractivity contribution in [1.29, 1.82) is 0 Å². The second-order valence-electron chi connectivity index (χ2n) is 3.82. The van der Waals surface area contributed by atoms with Gasteiger partial charge in [0.15, 0.2) is 0 Å². The monoisotopic (exact) mass is 246 g/mol. The van der Waals surface area contributed by atoms with Crippen LogP contribution in [0.1, 0.15) is 23.0 Å². The van der Waals surface area contributed by atoms with E-state index < -0.39 is 0 Å². The Morgan fingerprint density at radius 1 is 1.69 bits per heavy atom. The van der Waals surface area contributed by atoms with Gasteiger partial charge in [-0.3, -0.25) is 9.48 Å². The molecule has 0 aliphatic carbocycles. The van der Waals surface area contributed by atoms with Gasteiger partial charge in [-0.25, -0.2) is 0 Å². The van der Waals surface area contributed by atoms with Crippen LogP contribution < -0.4 is 11.1 Å². The number of nitrogens with one attached hydrogen (secondary N) is 1. The van der Waals surface area contributed by atoms with Crippen LogP contribution in [0.3, 0.4) is 0 Å². The van der Waals surface area contributed by atoms with Crippen LogP contribution in [-0.2, 0) is 7.05 Å². The van der Waals surface area contributed by atoms with Crippen molar-refractivity contribution >= 4 is 18.3 Å². The van der Waals surface area contributed by atoms with E-state index in [1.54, 1.807) is 10.9 Å². The fourth-order valence-corrected chi connectivity index (χ4v) is 1.17. The fourth-order valence-electron chi connectivity index (χ4n) is 1.17. The number of carbonyl (C=O) groups excluding carboxylic acids is 1. The van der Waals surface area contributed by atoms with Crippen LogP contribution in [0.4, 0.5) is 0 Å². The van der Waals surface area contributed by atoms with E-state index in [0.29, 0.717) is 24.6 Å². The first kappa shape index (κ1) is 14.9. The van der Waals surface area contributed by atoms with Crippen molar-refractivity contribution in [3.63, 3.8) is 0 Å². The third-order valence-corrected chi connectivity index (χ3v) is 2.49. The molecule has 0 bridgehead atoms. The predicted molar refractivity (Wildman–Crippen MR) is 65.7 cm³/mol. The minimum Gasteiger partial charge on any atom is -0.352 e. The van der Waals surface area contributed by atoms with E-state index >= 15 is 0 Å². The summed E-state index contributed by atoms with van der Waals surface area (Å²) in [6.45, 7) is 5.04. The summed E-state index contributed by atoms with van der Waals surface area (Å²) in [7, 11) is 1.81. The Morgan fingerprint density at radius 2 is 2.31 bits per heavy atom. The lowest BCUT2D eigenvalue weighted by Gasteiger charge is -2.09. The van der Waals surface area contributed by atoms with Gasteiger partial charge in [-0.15, -0.1) is 12.4 Å². The Balaban J connectivity index is 0.00000225. The molecule has 0 radical (unpaired) electrons. The molecular formula is C10H19ClN4O. The molecule has 0 saturated carbocycles. The first-order chi connectivity index (χ1) is 7.06. The molecular weight excluding hydrogens is 228 g/mol. The average Bonchev–Trinajstić information content (AvgIpc) is 2.56. The highest BCUT2D eigenvalue weighted by Gasteiger charge is 2.12. The largest absolute Gasteiger partial charge is 0.352 e. The van der Waals surface area contributed by atoms with Crippen LogP contribution >= 0.6 is 12.4 Å². The highest BCUT2D eigenvalue weighted by atomic mass is 35.5. The van der Waals surface area contributed by atoms with Crippen molar-refractivity contribution in [2.45, 2.75) is 13.8 Å². The number of nitrogens with two attached hydrogens (primary N) is 1. The molecule has 0 spiro atoms. The lowest BCUT2D eigenvalue weighted by atomic mass is 10.2. The van der Waals surface area contributed by atoms with E-state index in [-0.39, 0.29) is 18.3 Å². The van der Waals surface area contributed by atoms with Gasteiger partial charge in [0.1, 0.15) is 0 Å². The zero-order valence-electron chi connectivity index (χ0n) is 9.86. The second kappa shape index (κ2) is 6.50. The molecule has 92 valence electrons. The number of hydrogen-bond donors (Lipinski definition) is 2. The van der Waals surface area contributed by atoms with Gasteiger partial charge in [0, 0.05) is 19.3 Å². The van der Waals surface area contributed by atoms with Crippen LogP contribution in [0.2, 0.25) is 0 Å². The summed E-state index contributed by atoms with van der Waals surface area (Å²) in [6.07, 6.45) is 1.58. The molecule has 5 nitrogen and oxygen atoms in total. The lowest BCUT2D eigenvalue weighted by molar-refractivity contribution is 0.0948. The molecule has 6 heteroatoms. The minimum absolute atomic E-state index is 0. The summed E-state index contributed by atoms with van der Waals surface area (Å²) in [5, 5.41) is 6.85. The first-order valence-corrected chi connectivity index (χ1v) is 5.03. The van der Waals surface area contributed by atoms with Crippen LogP contribution in [-0.4, -0.2) is 28.8 Å². The molecule has 0 fully saturated rings. The van der Waals surface area contributed by atoms with Crippen molar-refractivity contribution in [3.05, 3.63) is 17.5 Å². The molecule has 1 heterocycles. The number of rotatable bonds is 4. The molecule has 1 aromatic rings. The summed E-state index contributed by atoms with van der Waals surface area (Å²) >= 11 is 0. The molecule has 1 amide bonds. The third kappa shape index (κ3) is 3.50. The van der Waals surface area contributed by atoms with E-state index in [0.717, 1.165) is 5.69 Å². The Hall–Kier alpha value is -1.07. The molecule has 16 heavy (non-hydrogen) atoms. The normalized spacial score (nSPS) is 11.8. The van der Waals surface area contributed by atoms with Crippen molar-refractivity contribution < 1.29 is 4.79 Å². The Bertz CT molecular complexity index is 351. The maximum atomic E-state index is 11.7. The van der Waals surface area contributed by atoms with Crippen LogP contribution in [0.15, 0.2) is 6.20 Å². The second-order valence-corrected chi connectivity index (χ2v) is 3.82. The Labute approximate surface area is 102 Å². The molecule has 1 rings (SSSR count). The van der Waals surface area contributed by atoms with Crippen molar-refractivity contribution in [2.24, 2.45) is 18.7 Å². The SMILES string of the molecule is Cc1c(C(=O)NCC(C)CN)cnn1C.Cl. The van der Waals surface area contributed by atoms with E-state index in [2.05, 4.69) is 10.4 Å². The lowest BCUT2D eigenvalue weighted by Crippen LogP contribution is -2.31. The summed E-state index contributed by atoms with van der Waals surface area (Å²) in [6, 6.07) is 0. The van der Waals surface area contributed by atoms with Gasteiger partial charge in [-0.05, 0) is 19.4 Å². The van der Waals surface area contributed by atoms with Crippen molar-refractivity contribution in [1.82, 2.24) is 15.1 Å². The molecule has 0 aromatic carbocycles. The molecule has 1 atom stereocenters. The summed E-state index contributed by atoms with van der Waals surface area (Å²) in [4.78, 5) is 11.7. The van der Waals surface area contributed by atoms with Gasteiger partial charge in [-0.1, -0.05) is 6.92 Å². The maximum Gasteiger partial charge on any atom is 0.254 e. The molecule has 0 saturated heterocycles. The van der Waals surface area contributed by atoms with Gasteiger partial charge in [-0.2, -0.15) is 5.10 Å². The van der Waals surface area contributed by atoms with Crippen LogP contribution in [0, 0.1) is 12.8 Å². The number of carbonyl (C=O) groups is 1. The quantitative estimate of drug-likeness (QED) is 0.812. The number of amides is 1. The van der Waals surface area contributed by atoms with Crippen LogP contribution in [0.25, 0.3) is 0 Å². The van der Waals surface area contributed by atoms with Crippen molar-refractivity contribution in [3.8, 4) is 0 Å². The average molecular weight is 247 g/mol. The molecule has 3 N–H and O–H groups in total. The number of aromatic nitrogens is 2. The van der Waals surface area contributed by atoms with Crippen LogP contribution in [0.5, 0.6) is 0 Å². The van der Waals surface area contributed by atoms with E-state index in [4.69, 9.17) is 5.73 Å². The van der Waals surface area contributed by atoms with Gasteiger partial charge in [0.2, 0.25) is 0 Å². The Morgan fingerprint density at radius 3 is 2.75 bits per heavy atom. The summed E-state index contributed by atoms with van der Waals surface area (Å²) < 4.78 is 1.68. The molecule has 0 aliphatic rings. The van der Waals surface area contributed by atoms with Gasteiger partial charge in [0.25, 0.3) is 5.91 Å². The number of aryl methyl sites for hydroxylation is 1. The van der Waals surface area contributed by atoms with Gasteiger partial charge >= 0.3 is 0 Å². The zero-order chi connectivity index (χ0) is 11.4. The topological polar surface area (TPSA) is 72.9 Å². The number of hydrogen-bond acceptors (Lipinski definition) is 3. The summed E-state index contributed by atoms with van der Waals surface area (Å²) in [5.74, 6) is 0.215. The molecule has 0 aliphatic heterocycles. The Kier molecular flexibility index (Phi) is 6.06. The van der Waals surface area contributed by atoms with Gasteiger partial charge < -0.3 is 11.1 Å². The van der Waals surface area contributed by atoms with E-state index in [1.165, 1.54) is 0 Å². The standard InChI is InChI=1S/C10H18N4O.ClH/c1-7(4-11)5-12-10(15)9-6-13-14(3)8(9)2;/h6-7H,4-5,11H2,1-3H3,(H,12,15);1H. The van der Waals surface area contributed by atoms with E-state index in [9.17, 15) is 4.79 Å². The first-order valence-electron chi connectivity index (χ1n) is 5.03.